The molecule has 2 aromatic carbocycles. The van der Waals surface area contributed by atoms with E-state index in [4.69, 9.17) is 0 Å². The van der Waals surface area contributed by atoms with E-state index in [1.54, 1.807) is 24.3 Å². The second-order valence-electron chi connectivity index (χ2n) is 8.65. The summed E-state index contributed by atoms with van der Waals surface area (Å²) in [7, 11) is 0. The van der Waals surface area contributed by atoms with E-state index in [0.29, 0.717) is 17.9 Å². The van der Waals surface area contributed by atoms with Gasteiger partial charge >= 0.3 is 12.1 Å². The fourth-order valence-corrected chi connectivity index (χ4v) is 4.89. The average Bonchev–Trinajstić information content (AvgIpc) is 2.78. The molecule has 2 aromatic rings. The number of aliphatic carboxylic acids is 1. The summed E-state index contributed by atoms with van der Waals surface area (Å²) >= 11 is 3.29. The highest BCUT2D eigenvalue weighted by molar-refractivity contribution is 9.10. The van der Waals surface area contributed by atoms with Crippen LogP contribution in [0.5, 0.6) is 0 Å². The summed E-state index contributed by atoms with van der Waals surface area (Å²) in [6.07, 6.45) is -4.58. The van der Waals surface area contributed by atoms with Crippen LogP contribution >= 0.6 is 15.9 Å². The summed E-state index contributed by atoms with van der Waals surface area (Å²) in [5.41, 5.74) is -2.81. The fraction of sp³-hybridized carbons (Fsp3) is 0.375. The number of anilines is 1. The predicted molar refractivity (Wildman–Crippen MR) is 121 cm³/mol. The predicted octanol–water partition coefficient (Wildman–Crippen LogP) is 5.15. The minimum absolute atomic E-state index is 0.0196. The Hall–Kier alpha value is -2.79. The number of benzene rings is 2. The molecule has 3 N–H and O–H groups in total. The summed E-state index contributed by atoms with van der Waals surface area (Å²) in [6, 6.07) is 8.25. The molecule has 0 aromatic heterocycles. The monoisotopic (exact) mass is 559 g/mol. The van der Waals surface area contributed by atoms with Gasteiger partial charge in [-0.2, -0.15) is 13.2 Å². The van der Waals surface area contributed by atoms with Crippen LogP contribution in [-0.2, 0) is 20.6 Å². The van der Waals surface area contributed by atoms with E-state index < -0.39 is 58.5 Å². The third-order valence-corrected chi connectivity index (χ3v) is 6.80. The number of hydrogen-bond donors (Lipinski definition) is 3. The molecule has 11 heteroatoms. The molecule has 4 atom stereocenters. The molecule has 188 valence electrons. The van der Waals surface area contributed by atoms with Crippen LogP contribution in [-0.4, -0.2) is 34.0 Å². The van der Waals surface area contributed by atoms with Gasteiger partial charge in [-0.3, -0.25) is 9.59 Å². The molecule has 35 heavy (non-hydrogen) atoms. The lowest BCUT2D eigenvalue weighted by molar-refractivity contribution is -0.154. The Morgan fingerprint density at radius 3 is 2.34 bits per heavy atom. The number of halogens is 5. The van der Waals surface area contributed by atoms with Crippen molar-refractivity contribution in [1.82, 2.24) is 0 Å². The fourth-order valence-electron chi connectivity index (χ4n) is 4.62. The summed E-state index contributed by atoms with van der Waals surface area (Å²) < 4.78 is 53.6. The largest absolute Gasteiger partial charge is 0.481 e. The smallest absolute Gasteiger partial charge is 0.416 e. The second kappa shape index (κ2) is 10.4. The van der Waals surface area contributed by atoms with E-state index in [-0.39, 0.29) is 31.7 Å². The number of carbonyl (C=O) groups excluding carboxylic acids is 2. The molecule has 0 saturated heterocycles. The summed E-state index contributed by atoms with van der Waals surface area (Å²) in [5, 5.41) is 23.4. The zero-order valence-electron chi connectivity index (χ0n) is 18.2. The van der Waals surface area contributed by atoms with Crippen molar-refractivity contribution < 1.29 is 42.2 Å². The molecule has 0 heterocycles. The van der Waals surface area contributed by atoms with Crippen molar-refractivity contribution >= 4 is 39.8 Å². The third-order valence-electron chi connectivity index (χ3n) is 6.27. The molecule has 1 aliphatic rings. The lowest BCUT2D eigenvalue weighted by atomic mass is 9.62. The van der Waals surface area contributed by atoms with Crippen molar-refractivity contribution in [3.05, 3.63) is 63.9 Å². The number of carbonyl (C=O) groups is 3. The molecule has 1 amide bonds. The van der Waals surface area contributed by atoms with Crippen LogP contribution in [0, 0.1) is 17.7 Å². The highest BCUT2D eigenvalue weighted by atomic mass is 79.9. The SMILES string of the molecule is O=CCC[C@@]1(O)C[C@H](c2ccc(Br)cc2)[C@@H](C(=O)O)[C@H](C(=O)Nc2ccc(C(F)(F)F)cc2F)C1. The summed E-state index contributed by atoms with van der Waals surface area (Å²) in [6.45, 7) is 0. The maximum Gasteiger partial charge on any atom is 0.416 e. The van der Waals surface area contributed by atoms with Crippen LogP contribution in [0.1, 0.15) is 42.7 Å². The maximum absolute atomic E-state index is 14.3. The van der Waals surface area contributed by atoms with Crippen molar-refractivity contribution in [2.45, 2.75) is 43.4 Å². The third kappa shape index (κ3) is 6.26. The number of hydrogen-bond acceptors (Lipinski definition) is 4. The van der Waals surface area contributed by atoms with Crippen molar-refractivity contribution in [3.63, 3.8) is 0 Å². The van der Waals surface area contributed by atoms with Crippen LogP contribution in [0.25, 0.3) is 0 Å². The first-order chi connectivity index (χ1) is 16.3. The average molecular weight is 560 g/mol. The normalized spacial score (nSPS) is 24.6. The van der Waals surface area contributed by atoms with E-state index >= 15 is 0 Å². The minimum atomic E-state index is -4.78. The quantitative estimate of drug-likeness (QED) is 0.321. The molecule has 0 unspecified atom stereocenters. The maximum atomic E-state index is 14.3. The van der Waals surface area contributed by atoms with Crippen molar-refractivity contribution in [2.24, 2.45) is 11.8 Å². The van der Waals surface area contributed by atoms with E-state index in [1.807, 2.05) is 0 Å². The van der Waals surface area contributed by atoms with Crippen LogP contribution < -0.4 is 5.32 Å². The number of carboxylic acid groups (broad SMARTS) is 1. The van der Waals surface area contributed by atoms with Gasteiger partial charge in [-0.1, -0.05) is 28.1 Å². The van der Waals surface area contributed by atoms with E-state index in [0.717, 1.165) is 10.5 Å². The number of rotatable bonds is 7. The molecular weight excluding hydrogens is 538 g/mol. The number of amides is 1. The summed E-state index contributed by atoms with van der Waals surface area (Å²) in [4.78, 5) is 36.4. The molecular formula is C24H22BrF4NO5. The van der Waals surface area contributed by atoms with Gasteiger partial charge in [0.2, 0.25) is 5.91 Å². The van der Waals surface area contributed by atoms with E-state index in [1.165, 1.54) is 0 Å². The molecule has 1 saturated carbocycles. The van der Waals surface area contributed by atoms with Gasteiger partial charge in [0.05, 0.1) is 28.7 Å². The van der Waals surface area contributed by atoms with Gasteiger partial charge in [0.25, 0.3) is 0 Å². The first kappa shape index (κ1) is 26.8. The van der Waals surface area contributed by atoms with Crippen LogP contribution in [0.2, 0.25) is 0 Å². The van der Waals surface area contributed by atoms with Gasteiger partial charge in [-0.05, 0) is 55.2 Å². The van der Waals surface area contributed by atoms with E-state index in [9.17, 15) is 42.2 Å². The first-order valence-electron chi connectivity index (χ1n) is 10.7. The molecule has 0 spiro atoms. The molecule has 0 radical (unpaired) electrons. The number of carboxylic acids is 1. The Morgan fingerprint density at radius 2 is 1.80 bits per heavy atom. The molecule has 3 rings (SSSR count). The molecule has 1 aliphatic carbocycles. The highest BCUT2D eigenvalue weighted by Crippen LogP contribution is 2.48. The zero-order chi connectivity index (χ0) is 26.0. The summed E-state index contributed by atoms with van der Waals surface area (Å²) in [5.74, 6) is -7.10. The van der Waals surface area contributed by atoms with Crippen LogP contribution in [0.15, 0.2) is 46.9 Å². The number of aldehydes is 1. The lowest BCUT2D eigenvalue weighted by Crippen LogP contribution is -2.49. The lowest BCUT2D eigenvalue weighted by Gasteiger charge is -2.44. The van der Waals surface area contributed by atoms with Gasteiger partial charge in [0.1, 0.15) is 12.1 Å². The minimum Gasteiger partial charge on any atom is -0.481 e. The van der Waals surface area contributed by atoms with Gasteiger partial charge in [0, 0.05) is 16.8 Å². The molecule has 1 fully saturated rings. The molecule has 0 bridgehead atoms. The zero-order valence-corrected chi connectivity index (χ0v) is 19.8. The second-order valence-corrected chi connectivity index (χ2v) is 9.56. The van der Waals surface area contributed by atoms with Gasteiger partial charge in [0.15, 0.2) is 0 Å². The number of aliphatic hydroxyl groups is 1. The van der Waals surface area contributed by atoms with Gasteiger partial charge in [-0.15, -0.1) is 0 Å². The first-order valence-corrected chi connectivity index (χ1v) is 11.5. The van der Waals surface area contributed by atoms with Gasteiger partial charge in [-0.25, -0.2) is 4.39 Å². The number of nitrogens with one attached hydrogen (secondary N) is 1. The number of alkyl halides is 3. The van der Waals surface area contributed by atoms with Crippen LogP contribution in [0.3, 0.4) is 0 Å². The topological polar surface area (TPSA) is 104 Å². The van der Waals surface area contributed by atoms with E-state index in [2.05, 4.69) is 21.2 Å². The Kier molecular flexibility index (Phi) is 8.00. The Balaban J connectivity index is 1.97. The Bertz CT molecular complexity index is 1110. The standard InChI is InChI=1S/C24H22BrF4NO5/c25-15-5-2-13(3-6-15)16-11-23(35,8-1-9-31)12-17(20(16)22(33)34)21(32)30-19-7-4-14(10-18(19)26)24(27,28)29/h2-7,9-10,16-17,20,35H,1,8,11-12H2,(H,30,32)(H,33,34)/t16-,17-,20-,23-/m1/s1. The Morgan fingerprint density at radius 1 is 1.14 bits per heavy atom. The molecule has 6 nitrogen and oxygen atoms in total. The van der Waals surface area contributed by atoms with Crippen molar-refractivity contribution in [3.8, 4) is 0 Å². The highest BCUT2D eigenvalue weighted by Gasteiger charge is 2.51. The Labute approximate surface area is 206 Å². The van der Waals surface area contributed by atoms with Crippen LogP contribution in [0.4, 0.5) is 23.2 Å². The van der Waals surface area contributed by atoms with Crippen molar-refractivity contribution in [1.29, 1.82) is 0 Å². The molecule has 0 aliphatic heterocycles. The van der Waals surface area contributed by atoms with Gasteiger partial charge < -0.3 is 20.3 Å². The van der Waals surface area contributed by atoms with Crippen molar-refractivity contribution in [2.75, 3.05) is 5.32 Å².